The molecule has 20 nitrogen and oxygen atoms in total. The number of rotatable bonds is 6. The largest absolute Gasteiger partial charge is 3.00 e. The number of aromatic nitrogens is 2. The van der Waals surface area contributed by atoms with E-state index in [9.17, 15) is 10.2 Å². The van der Waals surface area contributed by atoms with Gasteiger partial charge in [-0.05, 0) is 64.1 Å². The molecule has 0 saturated carbocycles. The van der Waals surface area contributed by atoms with Crippen molar-refractivity contribution < 1.29 is 136 Å². The van der Waals surface area contributed by atoms with Gasteiger partial charge < -0.3 is 71.5 Å². The smallest absolute Gasteiger partial charge is 0.857 e. The molecule has 0 saturated heterocycles. The summed E-state index contributed by atoms with van der Waals surface area (Å²) in [6, 6.07) is 24.2. The second kappa shape index (κ2) is 44.7. The first-order valence-corrected chi connectivity index (χ1v) is 15.1. The van der Waals surface area contributed by atoms with E-state index in [1.807, 2.05) is 12.1 Å². The molecule has 6 N–H and O–H groups in total. The van der Waals surface area contributed by atoms with Crippen molar-refractivity contribution in [2.45, 2.75) is 27.7 Å². The molecule has 318 valence electrons. The van der Waals surface area contributed by atoms with E-state index in [-0.39, 0.29) is 76.3 Å². The van der Waals surface area contributed by atoms with Crippen LogP contribution in [0.4, 0.5) is 11.4 Å². The maximum atomic E-state index is 11.7. The van der Waals surface area contributed by atoms with Crippen molar-refractivity contribution in [1.82, 2.24) is 9.97 Å². The number of benzene rings is 2. The van der Waals surface area contributed by atoms with Crippen LogP contribution in [0.5, 0.6) is 0 Å². The van der Waals surface area contributed by atoms with Gasteiger partial charge in [0.25, 0.3) is 0 Å². The molecule has 0 fully saturated rings. The minimum Gasteiger partial charge on any atom is -0.857 e. The summed E-state index contributed by atoms with van der Waals surface area (Å²) in [4.78, 5) is 43.6. The summed E-state index contributed by atoms with van der Waals surface area (Å²) >= 11 is 0. The first kappa shape index (κ1) is 64.8. The van der Waals surface area contributed by atoms with E-state index in [0.29, 0.717) is 33.9 Å². The quantitative estimate of drug-likeness (QED) is 0.0616. The van der Waals surface area contributed by atoms with E-state index in [4.69, 9.17) is 61.3 Å². The van der Waals surface area contributed by atoms with Gasteiger partial charge in [-0.3, -0.25) is 9.97 Å². The Hall–Kier alpha value is -5.03. The van der Waals surface area contributed by atoms with E-state index in [1.54, 1.807) is 85.2 Å². The molecular formula is C36H42Dy2N8O12. The third-order valence-corrected chi connectivity index (χ3v) is 4.44. The normalized spacial score (nSPS) is 9.31. The van der Waals surface area contributed by atoms with Crippen LogP contribution in [0.15, 0.2) is 118 Å². The number of carbonyl (C=O) groups excluding carboxylic acids is 4. The van der Waals surface area contributed by atoms with Crippen LogP contribution in [-0.4, -0.2) is 82.5 Å². The summed E-state index contributed by atoms with van der Waals surface area (Å²) in [5, 5.41) is 87.4. The maximum Gasteiger partial charge on any atom is 3.00 e. The van der Waals surface area contributed by atoms with Gasteiger partial charge in [0.2, 0.25) is 0 Å². The van der Waals surface area contributed by atoms with Gasteiger partial charge in [0, 0.05) is 84.8 Å². The summed E-state index contributed by atoms with van der Waals surface area (Å²) in [6.07, 6.45) is 6.10. The minimum absolute atomic E-state index is 0. The number of anilines is 2. The van der Waals surface area contributed by atoms with Gasteiger partial charge in [0.1, 0.15) is 0 Å². The Kier molecular flexibility index (Phi) is 49.9. The fourth-order valence-corrected chi connectivity index (χ4v) is 2.68. The number of hydrogen-bond donors (Lipinski definition) is 4. The van der Waals surface area contributed by atoms with Gasteiger partial charge in [-0.2, -0.15) is 20.4 Å². The molecule has 58 heavy (non-hydrogen) atoms. The number of hydrogen-bond acceptors (Lipinski definition) is 20. The van der Waals surface area contributed by atoms with Gasteiger partial charge in [-0.15, -0.1) is 0 Å². The van der Waals surface area contributed by atoms with Crippen molar-refractivity contribution in [3.05, 3.63) is 120 Å². The Labute approximate surface area is 395 Å². The van der Waals surface area contributed by atoms with Gasteiger partial charge in [0.15, 0.2) is 0 Å². The predicted molar refractivity (Wildman–Crippen MR) is 197 cm³/mol. The number of carboxylic acids is 4. The zero-order valence-corrected chi connectivity index (χ0v) is 35.9. The van der Waals surface area contributed by atoms with Gasteiger partial charge in [-0.25, -0.2) is 0 Å². The van der Waals surface area contributed by atoms with E-state index < -0.39 is 35.7 Å². The molecule has 2 heterocycles. The molecule has 2 radical (unpaired) electrons. The SMILES string of the molecule is CC(=O)[O-].CC(=O)[O-].CC(=O)[O-].CC(=O)[O-].CO.CO.Nc1ccccc1/C([O-])=N/N=C/c1ccccn1.Nc1ccccc1/C([O-])=N/N=C/c1ccccn1.[Dy+3].[Dy+3]. The number of nitrogens with zero attached hydrogens (tertiary/aromatic N) is 6. The van der Waals surface area contributed by atoms with Crippen molar-refractivity contribution in [2.75, 3.05) is 25.7 Å². The zero-order chi connectivity index (χ0) is 43.9. The van der Waals surface area contributed by atoms with Crippen molar-refractivity contribution in [3.63, 3.8) is 0 Å². The number of nitrogens with two attached hydrogens (primary N) is 2. The van der Waals surface area contributed by atoms with Crippen LogP contribution in [0.2, 0.25) is 0 Å². The Morgan fingerprint density at radius 3 is 0.966 bits per heavy atom. The topological polar surface area (TPSA) is 374 Å². The zero-order valence-electron chi connectivity index (χ0n) is 31.8. The van der Waals surface area contributed by atoms with E-state index in [2.05, 4.69) is 30.4 Å². The average molecular weight is 1100 g/mol. The number of para-hydroxylation sites is 2. The number of aliphatic hydroxyl groups is 2. The summed E-state index contributed by atoms with van der Waals surface area (Å²) in [7, 11) is 2.00. The molecule has 0 unspecified atom stereocenters. The molecule has 0 aliphatic heterocycles. The third-order valence-electron chi connectivity index (χ3n) is 4.44. The molecule has 0 bridgehead atoms. The average Bonchev–Trinajstić information content (AvgIpc) is 3.14. The van der Waals surface area contributed by atoms with Crippen molar-refractivity contribution in [1.29, 1.82) is 0 Å². The molecule has 2 aromatic heterocycles. The molecule has 0 aliphatic rings. The first-order valence-electron chi connectivity index (χ1n) is 15.1. The molecular weight excluding hydrogens is 1060 g/mol. The van der Waals surface area contributed by atoms with Gasteiger partial charge in [-0.1, -0.05) is 48.5 Å². The minimum atomic E-state index is -1.08. The fraction of sp³-hybridized carbons (Fsp3) is 0.167. The molecule has 22 heteroatoms. The van der Waals surface area contributed by atoms with E-state index >= 15 is 0 Å². The van der Waals surface area contributed by atoms with Crippen molar-refractivity contribution >= 4 is 59.5 Å². The second-order valence-electron chi connectivity index (χ2n) is 8.95. The molecule has 4 rings (SSSR count). The Morgan fingerprint density at radius 2 is 0.741 bits per heavy atom. The first-order chi connectivity index (χ1) is 26.5. The van der Waals surface area contributed by atoms with Crippen LogP contribution >= 0.6 is 0 Å². The van der Waals surface area contributed by atoms with Crippen LogP contribution in [0.25, 0.3) is 0 Å². The summed E-state index contributed by atoms with van der Waals surface area (Å²) in [5.41, 5.74) is 14.1. The van der Waals surface area contributed by atoms with E-state index in [1.165, 1.54) is 12.4 Å². The number of aliphatic hydroxyl groups excluding tert-OH is 2. The van der Waals surface area contributed by atoms with Crippen molar-refractivity contribution in [2.24, 2.45) is 20.4 Å². The Balaban J connectivity index is -0.000000157. The summed E-state index contributed by atoms with van der Waals surface area (Å²) < 4.78 is 0. The monoisotopic (exact) mass is 1110 g/mol. The number of aliphatic carboxylic acids is 4. The standard InChI is InChI=1S/2C13H12N4O.4C2H4O2.2CH4O.2Dy/c2*14-12-7-2-1-6-11(12)13(18)17-16-9-10-5-3-4-8-15-10;4*1-2(3)4;2*1-2;;/h2*1-9H,14H2,(H,17,18);4*1H3,(H,3,4);2*2H,1H3;;/q;;;;;;;;2*+3/p-6/b2*16-9+;;;;;;;;. The van der Waals surface area contributed by atoms with Gasteiger partial charge >= 0.3 is 76.3 Å². The fourth-order valence-electron chi connectivity index (χ4n) is 2.68. The predicted octanol–water partition coefficient (Wildman–Crippen LogP) is -4.15. The second-order valence-corrected chi connectivity index (χ2v) is 8.95. The number of pyridine rings is 2. The van der Waals surface area contributed by atoms with E-state index in [0.717, 1.165) is 41.9 Å². The molecule has 0 atom stereocenters. The molecule has 0 amide bonds. The van der Waals surface area contributed by atoms with Crippen molar-refractivity contribution in [3.8, 4) is 0 Å². The summed E-state index contributed by atoms with van der Waals surface area (Å²) in [5.74, 6) is -5.28. The number of carbonyl (C=O) groups is 4. The maximum absolute atomic E-state index is 11.7. The Bertz CT molecular complexity index is 1630. The van der Waals surface area contributed by atoms with Gasteiger partial charge in [0.05, 0.1) is 23.8 Å². The van der Waals surface area contributed by atoms with Crippen LogP contribution < -0.4 is 42.1 Å². The molecule has 0 spiro atoms. The van der Waals surface area contributed by atoms with Crippen LogP contribution in [0.1, 0.15) is 50.2 Å². The number of carboxylic acid groups (broad SMARTS) is 4. The molecule has 4 aromatic rings. The van der Waals surface area contributed by atoms with Crippen LogP contribution in [0, 0.1) is 76.3 Å². The summed E-state index contributed by atoms with van der Waals surface area (Å²) in [6.45, 7) is 3.89. The molecule has 0 aliphatic carbocycles. The number of nitrogen functional groups attached to an aromatic ring is 2. The third kappa shape index (κ3) is 45.4. The molecule has 2 aromatic carbocycles. The van der Waals surface area contributed by atoms with Crippen LogP contribution in [-0.2, 0) is 19.2 Å². The Morgan fingerprint density at radius 1 is 0.500 bits per heavy atom. The van der Waals surface area contributed by atoms with Crippen LogP contribution in [0.3, 0.4) is 0 Å².